The summed E-state index contributed by atoms with van der Waals surface area (Å²) in [5.41, 5.74) is 6.54. The predicted octanol–water partition coefficient (Wildman–Crippen LogP) is 5.74. The van der Waals surface area contributed by atoms with E-state index in [-0.39, 0.29) is 30.4 Å². The normalized spacial score (nSPS) is 21.5. The van der Waals surface area contributed by atoms with Crippen LogP contribution < -0.4 is 11.1 Å². The summed E-state index contributed by atoms with van der Waals surface area (Å²) in [6.45, 7) is 2.82. The summed E-state index contributed by atoms with van der Waals surface area (Å²) in [5.74, 6) is 0.618. The van der Waals surface area contributed by atoms with Crippen molar-refractivity contribution in [3.63, 3.8) is 0 Å². The third-order valence-electron chi connectivity index (χ3n) is 10.2. The van der Waals surface area contributed by atoms with Gasteiger partial charge in [0.05, 0.1) is 34.9 Å². The molecule has 1 aromatic carbocycles. The van der Waals surface area contributed by atoms with E-state index in [4.69, 9.17) is 10.5 Å². The number of carbonyl (C=O) groups is 3. The van der Waals surface area contributed by atoms with E-state index >= 15 is 0 Å². The van der Waals surface area contributed by atoms with Crippen molar-refractivity contribution in [1.82, 2.24) is 25.0 Å². The number of pyridine rings is 1. The van der Waals surface area contributed by atoms with Crippen molar-refractivity contribution in [2.24, 2.45) is 22.0 Å². The Bertz CT molecular complexity index is 1780. The van der Waals surface area contributed by atoms with Gasteiger partial charge in [-0.05, 0) is 75.5 Å². The van der Waals surface area contributed by atoms with E-state index in [1.54, 1.807) is 39.2 Å². The first-order valence-corrected chi connectivity index (χ1v) is 20.4. The molecule has 2 fully saturated rings. The van der Waals surface area contributed by atoms with Crippen molar-refractivity contribution >= 4 is 41.5 Å². The number of rotatable bonds is 19. The van der Waals surface area contributed by atoms with Gasteiger partial charge in [-0.1, -0.05) is 24.6 Å². The summed E-state index contributed by atoms with van der Waals surface area (Å²) in [5, 5.41) is 11.8. The van der Waals surface area contributed by atoms with E-state index in [9.17, 15) is 27.6 Å². The summed E-state index contributed by atoms with van der Waals surface area (Å²) in [6.07, 6.45) is 11.6. The lowest BCUT2D eigenvalue weighted by atomic mass is 10.1. The lowest BCUT2D eigenvalue weighted by molar-refractivity contribution is -0.461. The summed E-state index contributed by atoms with van der Waals surface area (Å²) in [4.78, 5) is 46.8. The fraction of sp³-hybridized carbons (Fsp3) is 0.525. The molecule has 0 radical (unpaired) electrons. The Balaban J connectivity index is 1.03. The highest BCUT2D eigenvalue weighted by Gasteiger charge is 2.37. The van der Waals surface area contributed by atoms with E-state index in [0.29, 0.717) is 49.1 Å². The average Bonchev–Trinajstić information content (AvgIpc) is 3.95. The zero-order chi connectivity index (χ0) is 40.8. The second-order valence-electron chi connectivity index (χ2n) is 14.8. The molecule has 0 bridgehead atoms. The van der Waals surface area contributed by atoms with Crippen molar-refractivity contribution in [2.45, 2.75) is 75.1 Å². The molecule has 1 unspecified atom stereocenters. The van der Waals surface area contributed by atoms with Crippen LogP contribution in [0.3, 0.4) is 0 Å². The zero-order valence-corrected chi connectivity index (χ0v) is 33.3. The molecular formula is C40H53F3N9O4S+. The summed E-state index contributed by atoms with van der Waals surface area (Å²) in [7, 11) is 3.84. The number of hydrogen-bond donors (Lipinski definition) is 2. The van der Waals surface area contributed by atoms with Crippen molar-refractivity contribution in [2.75, 3.05) is 52.6 Å². The molecule has 0 spiro atoms. The molecule has 4 amide bonds. The van der Waals surface area contributed by atoms with Gasteiger partial charge in [0, 0.05) is 75.2 Å². The fourth-order valence-electron chi connectivity index (χ4n) is 6.92. The molecule has 17 heteroatoms. The molecule has 0 aliphatic carbocycles. The Hall–Kier alpha value is -4.61. The van der Waals surface area contributed by atoms with Gasteiger partial charge in [-0.15, -0.1) is 4.68 Å². The van der Waals surface area contributed by atoms with Gasteiger partial charge < -0.3 is 30.5 Å². The second-order valence-corrected chi connectivity index (χ2v) is 16.1. The number of amides is 4. The minimum Gasteiger partial charge on any atom is -0.371 e. The van der Waals surface area contributed by atoms with Crippen molar-refractivity contribution in [1.29, 1.82) is 0 Å². The molecule has 1 aromatic heterocycles. The number of halogens is 3. The van der Waals surface area contributed by atoms with Gasteiger partial charge in [0.1, 0.15) is 11.4 Å². The Morgan fingerprint density at radius 3 is 2.61 bits per heavy atom. The maximum Gasteiger partial charge on any atom is 0.416 e. The second kappa shape index (κ2) is 21.2. The first kappa shape index (κ1) is 43.5. The number of primary amides is 1. The number of nitrogens with two attached hydrogens (primary N) is 1. The molecule has 3 aliphatic heterocycles. The Morgan fingerprint density at radius 1 is 1.09 bits per heavy atom. The molecule has 3 N–H and O–H groups in total. The van der Waals surface area contributed by atoms with Gasteiger partial charge >= 0.3 is 12.2 Å². The van der Waals surface area contributed by atoms with Gasteiger partial charge in [-0.2, -0.15) is 24.9 Å². The molecule has 4 heterocycles. The van der Waals surface area contributed by atoms with Crippen LogP contribution in [0.2, 0.25) is 0 Å². The van der Waals surface area contributed by atoms with Crippen LogP contribution >= 0.6 is 11.8 Å². The molecule has 5 rings (SSSR count). The Kier molecular flexibility index (Phi) is 16.2. The number of thioether (sulfide) groups is 1. The zero-order valence-electron chi connectivity index (χ0n) is 32.5. The number of benzene rings is 1. The monoisotopic (exact) mass is 812 g/mol. The van der Waals surface area contributed by atoms with Crippen LogP contribution in [0.5, 0.6) is 0 Å². The highest BCUT2D eigenvalue weighted by molar-refractivity contribution is 8.00. The topological polar surface area (TPSA) is 149 Å². The Labute approximate surface area is 336 Å². The van der Waals surface area contributed by atoms with E-state index in [0.717, 1.165) is 68.5 Å². The molecule has 4 atom stereocenters. The lowest BCUT2D eigenvalue weighted by Crippen LogP contribution is -2.38. The lowest BCUT2D eigenvalue weighted by Gasteiger charge is -2.19. The number of urea groups is 1. The van der Waals surface area contributed by atoms with E-state index < -0.39 is 23.9 Å². The minimum absolute atomic E-state index is 0.0815. The number of unbranched alkanes of at least 4 members (excludes halogenated alkanes) is 2. The molecule has 57 heavy (non-hydrogen) atoms. The van der Waals surface area contributed by atoms with Gasteiger partial charge in [0.15, 0.2) is 6.20 Å². The van der Waals surface area contributed by atoms with Gasteiger partial charge in [-0.3, -0.25) is 14.6 Å². The third kappa shape index (κ3) is 14.1. The average molecular weight is 813 g/mol. The number of likely N-dealkylation sites (tertiary alicyclic amines) is 1. The molecule has 2 saturated heterocycles. The van der Waals surface area contributed by atoms with Gasteiger partial charge in [0.25, 0.3) is 5.70 Å². The number of nitrogens with one attached hydrogen (secondary N) is 1. The van der Waals surface area contributed by atoms with Crippen LogP contribution in [0.15, 0.2) is 77.5 Å². The number of nitrogens with zero attached hydrogens (tertiary/aromatic N) is 7. The largest absolute Gasteiger partial charge is 0.416 e. The number of likely N-dealkylation sites (N-methyl/N-ethyl adjacent to an activating group) is 1. The smallest absolute Gasteiger partial charge is 0.371 e. The van der Waals surface area contributed by atoms with Crippen LogP contribution in [0, 0.1) is 5.92 Å². The molecule has 308 valence electrons. The number of alkyl halides is 3. The van der Waals surface area contributed by atoms with Crippen molar-refractivity contribution in [3.8, 4) is 0 Å². The van der Waals surface area contributed by atoms with Gasteiger partial charge in [0.2, 0.25) is 11.8 Å². The van der Waals surface area contributed by atoms with Crippen molar-refractivity contribution in [3.05, 3.63) is 83.8 Å². The maximum absolute atomic E-state index is 13.3. The van der Waals surface area contributed by atoms with Gasteiger partial charge in [-0.25, -0.2) is 4.79 Å². The third-order valence-corrected chi connectivity index (χ3v) is 11.7. The molecule has 13 nitrogen and oxygen atoms in total. The molecule has 3 aliphatic rings. The first-order valence-electron chi connectivity index (χ1n) is 19.3. The SMILES string of the molecule is CN(C/C=C/C(=O)N1CC(/C=[N+]2\C=C(c3cccnc3)N=N2)[C@H](OCc2ccc(C(F)(F)F)cc2)C1)CCCCN(C)C(=O)CCCC[C@@H]1C[C@@H](NC(N)=O)CS1. The summed E-state index contributed by atoms with van der Waals surface area (Å²) < 4.78 is 47.0. The van der Waals surface area contributed by atoms with E-state index in [1.807, 2.05) is 50.3 Å². The van der Waals surface area contributed by atoms with Crippen LogP contribution in [0.25, 0.3) is 5.70 Å². The fourth-order valence-corrected chi connectivity index (χ4v) is 8.34. The molecular weight excluding hydrogens is 760 g/mol. The Morgan fingerprint density at radius 2 is 1.88 bits per heavy atom. The number of aromatic nitrogens is 1. The quantitative estimate of drug-likeness (QED) is 0.105. The highest BCUT2D eigenvalue weighted by Crippen LogP contribution is 2.31. The van der Waals surface area contributed by atoms with Crippen molar-refractivity contribution < 1.29 is 37.0 Å². The molecule has 0 saturated carbocycles. The standard InChI is InChI=1S/C40H52F3N9O4S/c1-49(18-5-6-20-50(2)37(53)11-4-3-10-34-21-33(28-57-34)46-39(44)55)19-8-12-38(54)51-23-31(24-52-25-35(47-48-52)30-9-7-17-45-22-30)36(26-51)56-27-29-13-15-32(16-14-29)40(41,42)43/h7-9,12-17,22,24-25,31,33-34,36H,3-6,10-11,18-21,23,26-28H2,1-2H3,(H2-,44,46,55)/p+1/b12-8+,52-24+/t31?,33-,34-,36-/m1/s1. The number of ether oxygens (including phenoxy) is 1. The molecule has 2 aromatic rings. The number of carbonyl (C=O) groups excluding carboxylic acids is 3. The van der Waals surface area contributed by atoms with Crippen LogP contribution in [0.1, 0.15) is 61.6 Å². The minimum atomic E-state index is -4.42. The van der Waals surface area contributed by atoms with Crippen LogP contribution in [0.4, 0.5) is 18.0 Å². The maximum atomic E-state index is 13.3. The number of hydrogen-bond acceptors (Lipinski definition) is 9. The van der Waals surface area contributed by atoms with Crippen LogP contribution in [-0.2, 0) is 27.1 Å². The summed E-state index contributed by atoms with van der Waals surface area (Å²) in [6, 6.07) is 8.23. The first-order chi connectivity index (χ1) is 27.3. The van der Waals surface area contributed by atoms with E-state index in [2.05, 4.69) is 25.5 Å². The predicted molar refractivity (Wildman–Crippen MR) is 213 cm³/mol. The van der Waals surface area contributed by atoms with E-state index in [1.165, 1.54) is 12.1 Å². The highest BCUT2D eigenvalue weighted by atomic mass is 32.2. The summed E-state index contributed by atoms with van der Waals surface area (Å²) >= 11 is 1.86. The van der Waals surface area contributed by atoms with Crippen LogP contribution in [-0.4, -0.2) is 118 Å².